The minimum absolute atomic E-state index is 0.0770. The van der Waals surface area contributed by atoms with E-state index >= 15 is 0 Å². The van der Waals surface area contributed by atoms with Crippen molar-refractivity contribution in [3.63, 3.8) is 0 Å². The number of ether oxygens (including phenoxy) is 1. The van der Waals surface area contributed by atoms with Crippen molar-refractivity contribution < 1.29 is 28.2 Å². The number of hydrogen-bond donors (Lipinski definition) is 1. The van der Waals surface area contributed by atoms with Crippen LogP contribution in [-0.2, 0) is 9.59 Å². The number of carboxylic acids is 1. The van der Waals surface area contributed by atoms with E-state index in [0.29, 0.717) is 0 Å². The number of carboxylic acid groups (broad SMARTS) is 1. The minimum atomic E-state index is -2.96. The van der Waals surface area contributed by atoms with Crippen molar-refractivity contribution in [2.45, 2.75) is 13.0 Å². The van der Waals surface area contributed by atoms with Crippen molar-refractivity contribution in [1.82, 2.24) is 0 Å². The lowest BCUT2D eigenvalue weighted by Gasteiger charge is -2.06. The third kappa shape index (κ3) is 4.73. The molecule has 6 heteroatoms. The fraction of sp³-hybridized carbons (Fsp3) is 0.167. The Kier molecular flexibility index (Phi) is 4.98. The Morgan fingerprint density at radius 1 is 1.33 bits per heavy atom. The van der Waals surface area contributed by atoms with Crippen molar-refractivity contribution >= 4 is 17.8 Å². The molecule has 1 N–H and O–H groups in total. The molecule has 96 valence electrons. The molecule has 1 aromatic rings. The molecule has 0 aliphatic rings. The molecule has 0 bridgehead atoms. The summed E-state index contributed by atoms with van der Waals surface area (Å²) >= 11 is 0. The van der Waals surface area contributed by atoms with Gasteiger partial charge in [0.2, 0.25) is 0 Å². The summed E-state index contributed by atoms with van der Waals surface area (Å²) in [6, 6.07) is 5.89. The molecule has 18 heavy (non-hydrogen) atoms. The van der Waals surface area contributed by atoms with Crippen LogP contribution in [0.5, 0.6) is 5.75 Å². The van der Waals surface area contributed by atoms with Gasteiger partial charge in [0.25, 0.3) is 0 Å². The van der Waals surface area contributed by atoms with Crippen LogP contribution in [0.3, 0.4) is 0 Å². The number of rotatable bonds is 6. The molecule has 0 saturated carbocycles. The van der Waals surface area contributed by atoms with Crippen LogP contribution >= 0.6 is 0 Å². The summed E-state index contributed by atoms with van der Waals surface area (Å²) in [5.41, 5.74) is 0.275. The van der Waals surface area contributed by atoms with Gasteiger partial charge in [-0.15, -0.1) is 0 Å². The number of para-hydroxylation sites is 1. The van der Waals surface area contributed by atoms with Crippen LogP contribution in [0.4, 0.5) is 8.78 Å². The highest BCUT2D eigenvalue weighted by Gasteiger charge is 2.08. The summed E-state index contributed by atoms with van der Waals surface area (Å²) in [6.07, 6.45) is 1.61. The molecule has 0 aromatic heterocycles. The van der Waals surface area contributed by atoms with E-state index in [9.17, 15) is 18.4 Å². The standard InChI is InChI=1S/C12H10F2O4/c13-12(14)18-10-4-2-1-3-8(10)5-6-9(15)7-11(16)17/h1-6,12H,7H2,(H,16,17). The monoisotopic (exact) mass is 256 g/mol. The van der Waals surface area contributed by atoms with Crippen LogP contribution < -0.4 is 4.74 Å². The Labute approximate surface area is 101 Å². The first kappa shape index (κ1) is 13.8. The third-order valence-corrected chi connectivity index (χ3v) is 1.91. The summed E-state index contributed by atoms with van der Waals surface area (Å²) in [5.74, 6) is -1.96. The number of benzene rings is 1. The summed E-state index contributed by atoms with van der Waals surface area (Å²) in [7, 11) is 0. The maximum Gasteiger partial charge on any atom is 0.387 e. The molecular formula is C12H10F2O4. The fourth-order valence-electron chi connectivity index (χ4n) is 1.21. The van der Waals surface area contributed by atoms with Crippen LogP contribution in [0.1, 0.15) is 12.0 Å². The van der Waals surface area contributed by atoms with Gasteiger partial charge in [-0.1, -0.05) is 18.2 Å². The molecule has 1 aromatic carbocycles. The number of halogens is 2. The number of alkyl halides is 2. The fourth-order valence-corrected chi connectivity index (χ4v) is 1.21. The minimum Gasteiger partial charge on any atom is -0.481 e. The Balaban J connectivity index is 2.80. The van der Waals surface area contributed by atoms with E-state index in [2.05, 4.69) is 4.74 Å². The quantitative estimate of drug-likeness (QED) is 0.626. The van der Waals surface area contributed by atoms with Crippen LogP contribution in [0, 0.1) is 0 Å². The number of carbonyl (C=O) groups excluding carboxylic acids is 1. The second-order valence-corrected chi connectivity index (χ2v) is 3.29. The van der Waals surface area contributed by atoms with Crippen LogP contribution in [-0.4, -0.2) is 23.5 Å². The van der Waals surface area contributed by atoms with Gasteiger partial charge in [0.1, 0.15) is 12.2 Å². The van der Waals surface area contributed by atoms with E-state index in [1.54, 1.807) is 6.07 Å². The normalized spacial score (nSPS) is 10.8. The van der Waals surface area contributed by atoms with Gasteiger partial charge in [0, 0.05) is 5.56 Å². The van der Waals surface area contributed by atoms with Gasteiger partial charge in [0.15, 0.2) is 5.78 Å². The Bertz CT molecular complexity index is 469. The molecule has 0 aliphatic heterocycles. The highest BCUT2D eigenvalue weighted by Crippen LogP contribution is 2.21. The van der Waals surface area contributed by atoms with Crippen LogP contribution in [0.25, 0.3) is 6.08 Å². The first-order valence-corrected chi connectivity index (χ1v) is 4.95. The number of ketones is 1. The summed E-state index contributed by atoms with van der Waals surface area (Å²) < 4.78 is 28.4. The van der Waals surface area contributed by atoms with E-state index < -0.39 is 24.8 Å². The van der Waals surface area contributed by atoms with Crippen molar-refractivity contribution in [2.24, 2.45) is 0 Å². The number of carbonyl (C=O) groups is 2. The summed E-state index contributed by atoms with van der Waals surface area (Å²) in [6.45, 7) is -2.96. The first-order chi connectivity index (χ1) is 8.49. The van der Waals surface area contributed by atoms with E-state index in [-0.39, 0.29) is 11.3 Å². The first-order valence-electron chi connectivity index (χ1n) is 4.95. The average molecular weight is 256 g/mol. The van der Waals surface area contributed by atoms with Crippen molar-refractivity contribution in [1.29, 1.82) is 0 Å². The highest BCUT2D eigenvalue weighted by atomic mass is 19.3. The van der Waals surface area contributed by atoms with Gasteiger partial charge in [-0.3, -0.25) is 9.59 Å². The maximum atomic E-state index is 12.1. The molecule has 0 heterocycles. The molecule has 0 atom stereocenters. The second-order valence-electron chi connectivity index (χ2n) is 3.29. The molecule has 0 amide bonds. The SMILES string of the molecule is O=C(O)CC(=O)C=Cc1ccccc1OC(F)F. The Morgan fingerprint density at radius 3 is 2.61 bits per heavy atom. The lowest BCUT2D eigenvalue weighted by Crippen LogP contribution is -2.04. The molecule has 0 radical (unpaired) electrons. The lowest BCUT2D eigenvalue weighted by atomic mass is 10.1. The Morgan fingerprint density at radius 2 is 2.00 bits per heavy atom. The predicted molar refractivity (Wildman–Crippen MR) is 59.4 cm³/mol. The van der Waals surface area contributed by atoms with Crippen molar-refractivity contribution in [2.75, 3.05) is 0 Å². The van der Waals surface area contributed by atoms with E-state index in [0.717, 1.165) is 6.08 Å². The predicted octanol–water partition coefficient (Wildman–Crippen LogP) is 2.35. The zero-order chi connectivity index (χ0) is 13.5. The van der Waals surface area contributed by atoms with Crippen molar-refractivity contribution in [3.05, 3.63) is 35.9 Å². The molecule has 4 nitrogen and oxygen atoms in total. The van der Waals surface area contributed by atoms with Crippen molar-refractivity contribution in [3.8, 4) is 5.75 Å². The molecule has 0 aliphatic carbocycles. The summed E-state index contributed by atoms with van der Waals surface area (Å²) in [4.78, 5) is 21.4. The molecule has 0 spiro atoms. The van der Waals surface area contributed by atoms with Gasteiger partial charge in [0.05, 0.1) is 0 Å². The van der Waals surface area contributed by atoms with Gasteiger partial charge in [-0.2, -0.15) is 8.78 Å². The largest absolute Gasteiger partial charge is 0.481 e. The summed E-state index contributed by atoms with van der Waals surface area (Å²) in [5, 5.41) is 8.38. The van der Waals surface area contributed by atoms with E-state index in [1.807, 2.05) is 0 Å². The molecule has 0 saturated heterocycles. The molecule has 1 rings (SSSR count). The van der Waals surface area contributed by atoms with Gasteiger partial charge in [-0.05, 0) is 18.2 Å². The van der Waals surface area contributed by atoms with Crippen LogP contribution in [0.15, 0.2) is 30.3 Å². The number of aliphatic carboxylic acids is 1. The van der Waals surface area contributed by atoms with Gasteiger partial charge < -0.3 is 9.84 Å². The smallest absolute Gasteiger partial charge is 0.387 e. The number of hydrogen-bond acceptors (Lipinski definition) is 3. The van der Waals surface area contributed by atoms with Gasteiger partial charge in [-0.25, -0.2) is 0 Å². The zero-order valence-electron chi connectivity index (χ0n) is 9.18. The van der Waals surface area contributed by atoms with Gasteiger partial charge >= 0.3 is 12.6 Å². The lowest BCUT2D eigenvalue weighted by molar-refractivity contribution is -0.139. The Hall–Kier alpha value is -2.24. The average Bonchev–Trinajstić information content (AvgIpc) is 2.26. The van der Waals surface area contributed by atoms with E-state index in [4.69, 9.17) is 5.11 Å². The third-order valence-electron chi connectivity index (χ3n) is 1.91. The van der Waals surface area contributed by atoms with E-state index in [1.165, 1.54) is 24.3 Å². The molecule has 0 fully saturated rings. The maximum absolute atomic E-state index is 12.1. The number of allylic oxidation sites excluding steroid dienone is 1. The topological polar surface area (TPSA) is 63.6 Å². The second kappa shape index (κ2) is 6.48. The molecular weight excluding hydrogens is 246 g/mol. The highest BCUT2D eigenvalue weighted by molar-refractivity contribution is 6.03. The molecule has 0 unspecified atom stereocenters. The van der Waals surface area contributed by atoms with Crippen LogP contribution in [0.2, 0.25) is 0 Å². The zero-order valence-corrected chi connectivity index (χ0v) is 9.18.